The second kappa shape index (κ2) is 4.00. The standard InChI is InChI=1S/C11H15N3O2/c1-6(7-2-3-7)14-10-4-8(11(15)16)9(12)5-13-10/h4-7H,2-3,12H2,1H3,(H,13,14)(H,15,16). The highest BCUT2D eigenvalue weighted by molar-refractivity contribution is 5.94. The van der Waals surface area contributed by atoms with E-state index in [1.807, 2.05) is 0 Å². The van der Waals surface area contributed by atoms with E-state index in [0.29, 0.717) is 17.8 Å². The van der Waals surface area contributed by atoms with Crippen molar-refractivity contribution in [1.82, 2.24) is 4.98 Å². The first kappa shape index (κ1) is 10.7. The molecule has 5 nitrogen and oxygen atoms in total. The molecule has 0 radical (unpaired) electrons. The van der Waals surface area contributed by atoms with Gasteiger partial charge in [0.1, 0.15) is 5.82 Å². The van der Waals surface area contributed by atoms with Crippen molar-refractivity contribution in [2.24, 2.45) is 5.92 Å². The van der Waals surface area contributed by atoms with E-state index >= 15 is 0 Å². The van der Waals surface area contributed by atoms with Gasteiger partial charge in [-0.25, -0.2) is 9.78 Å². The molecule has 16 heavy (non-hydrogen) atoms. The van der Waals surface area contributed by atoms with Gasteiger partial charge >= 0.3 is 5.97 Å². The van der Waals surface area contributed by atoms with Crippen LogP contribution in [0.3, 0.4) is 0 Å². The lowest BCUT2D eigenvalue weighted by Gasteiger charge is -2.14. The third kappa shape index (κ3) is 2.24. The summed E-state index contributed by atoms with van der Waals surface area (Å²) in [6, 6.07) is 1.81. The monoisotopic (exact) mass is 221 g/mol. The number of nitrogens with zero attached hydrogens (tertiary/aromatic N) is 1. The zero-order valence-corrected chi connectivity index (χ0v) is 9.10. The van der Waals surface area contributed by atoms with E-state index in [4.69, 9.17) is 10.8 Å². The number of hydrogen-bond acceptors (Lipinski definition) is 4. The molecule has 1 saturated carbocycles. The van der Waals surface area contributed by atoms with E-state index < -0.39 is 5.97 Å². The number of nitrogens with one attached hydrogen (secondary N) is 1. The Morgan fingerprint density at radius 3 is 2.94 bits per heavy atom. The molecule has 1 fully saturated rings. The Morgan fingerprint density at radius 2 is 2.38 bits per heavy atom. The number of aromatic nitrogens is 1. The van der Waals surface area contributed by atoms with Gasteiger partial charge in [0.25, 0.3) is 0 Å². The number of hydrogen-bond donors (Lipinski definition) is 3. The topological polar surface area (TPSA) is 88.2 Å². The van der Waals surface area contributed by atoms with Crippen LogP contribution in [0.2, 0.25) is 0 Å². The van der Waals surface area contributed by atoms with Crippen LogP contribution in [-0.4, -0.2) is 22.1 Å². The summed E-state index contributed by atoms with van der Waals surface area (Å²) in [7, 11) is 0. The fourth-order valence-corrected chi connectivity index (χ4v) is 1.68. The molecule has 5 heteroatoms. The fraction of sp³-hybridized carbons (Fsp3) is 0.455. The number of carboxylic acids is 1. The molecule has 1 aromatic heterocycles. The average Bonchev–Trinajstić information content (AvgIpc) is 3.03. The number of anilines is 2. The predicted octanol–water partition coefficient (Wildman–Crippen LogP) is 1.57. The van der Waals surface area contributed by atoms with Crippen molar-refractivity contribution in [1.29, 1.82) is 0 Å². The summed E-state index contributed by atoms with van der Waals surface area (Å²) in [6.45, 7) is 2.08. The minimum absolute atomic E-state index is 0.0977. The molecule has 1 heterocycles. The van der Waals surface area contributed by atoms with Gasteiger partial charge in [-0.1, -0.05) is 0 Å². The van der Waals surface area contributed by atoms with Crippen molar-refractivity contribution in [3.05, 3.63) is 17.8 Å². The van der Waals surface area contributed by atoms with Gasteiger partial charge in [0.15, 0.2) is 0 Å². The van der Waals surface area contributed by atoms with E-state index in [1.54, 1.807) is 0 Å². The van der Waals surface area contributed by atoms with Crippen molar-refractivity contribution in [3.8, 4) is 0 Å². The van der Waals surface area contributed by atoms with E-state index in [1.165, 1.54) is 25.1 Å². The van der Waals surface area contributed by atoms with Gasteiger partial charge in [0, 0.05) is 6.04 Å². The van der Waals surface area contributed by atoms with Crippen LogP contribution in [-0.2, 0) is 0 Å². The fourth-order valence-electron chi connectivity index (χ4n) is 1.68. The first-order valence-corrected chi connectivity index (χ1v) is 5.33. The van der Waals surface area contributed by atoms with Crippen LogP contribution in [0.15, 0.2) is 12.3 Å². The number of pyridine rings is 1. The van der Waals surface area contributed by atoms with Crippen LogP contribution >= 0.6 is 0 Å². The molecule has 0 bridgehead atoms. The Kier molecular flexibility index (Phi) is 2.68. The molecule has 1 aliphatic carbocycles. The summed E-state index contributed by atoms with van der Waals surface area (Å²) in [5.74, 6) is 0.237. The Balaban J connectivity index is 2.15. The van der Waals surface area contributed by atoms with Gasteiger partial charge in [-0.05, 0) is 31.7 Å². The van der Waals surface area contributed by atoms with Crippen LogP contribution in [0.5, 0.6) is 0 Å². The molecule has 1 aliphatic rings. The third-order valence-corrected chi connectivity index (χ3v) is 2.87. The van der Waals surface area contributed by atoms with Crippen molar-refractivity contribution in [2.75, 3.05) is 11.1 Å². The summed E-state index contributed by atoms with van der Waals surface area (Å²) in [5, 5.41) is 12.1. The van der Waals surface area contributed by atoms with Crippen molar-refractivity contribution in [3.63, 3.8) is 0 Å². The van der Waals surface area contributed by atoms with Gasteiger partial charge in [0.05, 0.1) is 17.4 Å². The molecular formula is C11H15N3O2. The molecule has 1 atom stereocenters. The number of nitrogens with two attached hydrogens (primary N) is 1. The summed E-state index contributed by atoms with van der Waals surface area (Å²) in [6.07, 6.45) is 3.84. The van der Waals surface area contributed by atoms with Gasteiger partial charge in [-0.3, -0.25) is 0 Å². The lowest BCUT2D eigenvalue weighted by molar-refractivity contribution is 0.0698. The molecule has 0 saturated heterocycles. The number of aromatic carboxylic acids is 1. The normalized spacial score (nSPS) is 16.8. The van der Waals surface area contributed by atoms with Crippen molar-refractivity contribution >= 4 is 17.5 Å². The second-order valence-corrected chi connectivity index (χ2v) is 4.23. The Morgan fingerprint density at radius 1 is 1.69 bits per heavy atom. The number of rotatable bonds is 4. The Labute approximate surface area is 93.7 Å². The maximum absolute atomic E-state index is 10.9. The first-order valence-electron chi connectivity index (χ1n) is 5.33. The summed E-state index contributed by atoms with van der Waals surface area (Å²) in [5.41, 5.74) is 5.81. The minimum Gasteiger partial charge on any atom is -0.478 e. The van der Waals surface area contributed by atoms with Crippen molar-refractivity contribution in [2.45, 2.75) is 25.8 Å². The van der Waals surface area contributed by atoms with E-state index in [9.17, 15) is 4.79 Å². The van der Waals surface area contributed by atoms with Gasteiger partial charge in [-0.15, -0.1) is 0 Å². The van der Waals surface area contributed by atoms with Crippen LogP contribution in [0.1, 0.15) is 30.1 Å². The first-order chi connectivity index (χ1) is 7.58. The molecule has 0 spiro atoms. The predicted molar refractivity (Wildman–Crippen MR) is 61.4 cm³/mol. The van der Waals surface area contributed by atoms with E-state index in [-0.39, 0.29) is 11.3 Å². The number of carbonyl (C=O) groups is 1. The third-order valence-electron chi connectivity index (χ3n) is 2.87. The maximum atomic E-state index is 10.9. The van der Waals surface area contributed by atoms with E-state index in [0.717, 1.165) is 0 Å². The SMILES string of the molecule is CC(Nc1cc(C(=O)O)c(N)cn1)C1CC1. The largest absolute Gasteiger partial charge is 0.478 e. The highest BCUT2D eigenvalue weighted by atomic mass is 16.4. The van der Waals surface area contributed by atoms with Gasteiger partial charge < -0.3 is 16.2 Å². The van der Waals surface area contributed by atoms with E-state index in [2.05, 4.69) is 17.2 Å². The highest BCUT2D eigenvalue weighted by Crippen LogP contribution is 2.33. The lowest BCUT2D eigenvalue weighted by Crippen LogP contribution is -2.18. The summed E-state index contributed by atoms with van der Waals surface area (Å²) in [4.78, 5) is 14.9. The van der Waals surface area contributed by atoms with Crippen LogP contribution < -0.4 is 11.1 Å². The van der Waals surface area contributed by atoms with Crippen LogP contribution in [0.25, 0.3) is 0 Å². The zero-order valence-electron chi connectivity index (χ0n) is 9.10. The minimum atomic E-state index is -1.03. The molecule has 1 aromatic rings. The second-order valence-electron chi connectivity index (χ2n) is 4.23. The molecule has 1 unspecified atom stereocenters. The molecule has 4 N–H and O–H groups in total. The van der Waals surface area contributed by atoms with Gasteiger partial charge in [0.2, 0.25) is 0 Å². The highest BCUT2D eigenvalue weighted by Gasteiger charge is 2.28. The molecule has 0 aromatic carbocycles. The van der Waals surface area contributed by atoms with Crippen LogP contribution in [0, 0.1) is 5.92 Å². The van der Waals surface area contributed by atoms with Gasteiger partial charge in [-0.2, -0.15) is 0 Å². The van der Waals surface area contributed by atoms with Crippen LogP contribution in [0.4, 0.5) is 11.5 Å². The molecule has 86 valence electrons. The Hall–Kier alpha value is -1.78. The van der Waals surface area contributed by atoms with Crippen molar-refractivity contribution < 1.29 is 9.90 Å². The lowest BCUT2D eigenvalue weighted by atomic mass is 10.2. The molecule has 2 rings (SSSR count). The molecule has 0 amide bonds. The number of carboxylic acid groups (broad SMARTS) is 1. The average molecular weight is 221 g/mol. The zero-order chi connectivity index (χ0) is 11.7. The number of nitrogen functional groups attached to an aromatic ring is 1. The summed E-state index contributed by atoms with van der Waals surface area (Å²) < 4.78 is 0. The molecule has 0 aliphatic heterocycles. The quantitative estimate of drug-likeness (QED) is 0.718. The molecular weight excluding hydrogens is 206 g/mol. The maximum Gasteiger partial charge on any atom is 0.337 e. The smallest absolute Gasteiger partial charge is 0.337 e. The summed E-state index contributed by atoms with van der Waals surface area (Å²) >= 11 is 0. The Bertz CT molecular complexity index is 416.